The van der Waals surface area contributed by atoms with E-state index in [1.807, 2.05) is 54.7 Å². The molecular weight excluding hydrogens is 402 g/mol. The lowest BCUT2D eigenvalue weighted by atomic mass is 9.87. The summed E-state index contributed by atoms with van der Waals surface area (Å²) in [6, 6.07) is 17.9. The zero-order valence-electron chi connectivity index (χ0n) is 18.0. The molecule has 0 radical (unpaired) electrons. The Morgan fingerprint density at radius 3 is 2.42 bits per heavy atom. The molecule has 0 spiro atoms. The van der Waals surface area contributed by atoms with Crippen molar-refractivity contribution in [3.63, 3.8) is 0 Å². The normalized spacial score (nSPS) is 14.0. The molecule has 1 fully saturated rings. The molecule has 0 saturated heterocycles. The van der Waals surface area contributed by atoms with Gasteiger partial charge in [0.15, 0.2) is 0 Å². The molecule has 158 valence electrons. The van der Waals surface area contributed by atoms with Crippen molar-refractivity contribution in [3.8, 4) is 28.7 Å². The van der Waals surface area contributed by atoms with Gasteiger partial charge in [-0.1, -0.05) is 67.8 Å². The van der Waals surface area contributed by atoms with Crippen LogP contribution < -0.4 is 4.74 Å². The van der Waals surface area contributed by atoms with E-state index in [2.05, 4.69) is 29.8 Å². The lowest BCUT2D eigenvalue weighted by molar-refractivity contribution is 0.245. The molecule has 0 amide bonds. The fourth-order valence-electron chi connectivity index (χ4n) is 4.12. The van der Waals surface area contributed by atoms with Crippen molar-refractivity contribution < 1.29 is 4.74 Å². The van der Waals surface area contributed by atoms with E-state index in [0.717, 1.165) is 51.2 Å². The summed E-state index contributed by atoms with van der Waals surface area (Å²) >= 11 is 5.96. The topological polar surface area (TPSA) is 22.1 Å². The van der Waals surface area contributed by atoms with Gasteiger partial charge >= 0.3 is 0 Å². The van der Waals surface area contributed by atoms with Gasteiger partial charge in [0.2, 0.25) is 0 Å². The van der Waals surface area contributed by atoms with E-state index in [4.69, 9.17) is 16.3 Å². The van der Waals surface area contributed by atoms with Crippen molar-refractivity contribution in [3.05, 3.63) is 82.6 Å². The molecule has 0 N–H and O–H groups in total. The highest BCUT2D eigenvalue weighted by atomic mass is 35.5. The Hall–Kier alpha value is -2.76. The Labute approximate surface area is 190 Å². The van der Waals surface area contributed by atoms with E-state index in [1.54, 1.807) is 0 Å². The molecule has 31 heavy (non-hydrogen) atoms. The third-order valence-corrected chi connectivity index (χ3v) is 6.21. The molecular formula is C28H28ClNO. The van der Waals surface area contributed by atoms with Crippen molar-refractivity contribution in [1.29, 1.82) is 0 Å². The van der Waals surface area contributed by atoms with Gasteiger partial charge in [-0.3, -0.25) is 0 Å². The SMILES string of the molecule is Cc1cc(C#Cc2ccc(-c3ccc(Cl)cc3)cn2)ccc1OCCC1CCCCC1. The number of rotatable bonds is 5. The largest absolute Gasteiger partial charge is 0.493 e. The van der Waals surface area contributed by atoms with Crippen LogP contribution in [-0.4, -0.2) is 11.6 Å². The number of benzene rings is 2. The van der Waals surface area contributed by atoms with Crippen molar-refractivity contribution >= 4 is 11.6 Å². The molecule has 0 atom stereocenters. The lowest BCUT2D eigenvalue weighted by Gasteiger charge is -2.21. The second-order valence-electron chi connectivity index (χ2n) is 8.31. The summed E-state index contributed by atoms with van der Waals surface area (Å²) in [6.45, 7) is 2.89. The standard InChI is InChI=1S/C28H28ClNO/c1-21-19-23(8-16-28(21)31-18-17-22-5-3-2-4-6-22)7-14-27-15-11-25(20-30-27)24-9-12-26(29)13-10-24/h8-13,15-16,19-20,22H,2-6,17-18H2,1H3. The smallest absolute Gasteiger partial charge is 0.122 e. The quantitative estimate of drug-likeness (QED) is 0.392. The Morgan fingerprint density at radius 2 is 1.71 bits per heavy atom. The summed E-state index contributed by atoms with van der Waals surface area (Å²) in [4.78, 5) is 4.49. The summed E-state index contributed by atoms with van der Waals surface area (Å²) in [6.07, 6.45) is 9.92. The lowest BCUT2D eigenvalue weighted by Crippen LogP contribution is -2.11. The highest BCUT2D eigenvalue weighted by Crippen LogP contribution is 2.27. The van der Waals surface area contributed by atoms with Gasteiger partial charge in [0, 0.05) is 22.3 Å². The van der Waals surface area contributed by atoms with Gasteiger partial charge in [0.1, 0.15) is 11.4 Å². The molecule has 2 aromatic carbocycles. The molecule has 1 aliphatic rings. The number of ether oxygens (including phenoxy) is 1. The van der Waals surface area contributed by atoms with Crippen molar-refractivity contribution in [2.45, 2.75) is 45.4 Å². The van der Waals surface area contributed by atoms with Crippen LogP contribution in [0, 0.1) is 24.7 Å². The van der Waals surface area contributed by atoms with Gasteiger partial charge in [0.25, 0.3) is 0 Å². The van der Waals surface area contributed by atoms with Crippen LogP contribution in [0.5, 0.6) is 5.75 Å². The molecule has 0 aliphatic heterocycles. The number of pyridine rings is 1. The van der Waals surface area contributed by atoms with Crippen LogP contribution in [0.1, 0.15) is 55.3 Å². The molecule has 3 heteroatoms. The minimum absolute atomic E-state index is 0.732. The number of aryl methyl sites for hydroxylation is 1. The van der Waals surface area contributed by atoms with E-state index in [9.17, 15) is 0 Å². The fourth-order valence-corrected chi connectivity index (χ4v) is 4.24. The molecule has 1 saturated carbocycles. The van der Waals surface area contributed by atoms with E-state index < -0.39 is 0 Å². The van der Waals surface area contributed by atoms with Gasteiger partial charge in [-0.15, -0.1) is 0 Å². The van der Waals surface area contributed by atoms with E-state index in [0.29, 0.717) is 0 Å². The summed E-state index contributed by atoms with van der Waals surface area (Å²) in [5, 5.41) is 0.732. The summed E-state index contributed by atoms with van der Waals surface area (Å²) < 4.78 is 6.05. The molecule has 0 unspecified atom stereocenters. The first-order valence-electron chi connectivity index (χ1n) is 11.1. The van der Waals surface area contributed by atoms with Crippen molar-refractivity contribution in [2.24, 2.45) is 5.92 Å². The average Bonchev–Trinajstić information content (AvgIpc) is 2.81. The number of hydrogen-bond acceptors (Lipinski definition) is 2. The minimum atomic E-state index is 0.732. The molecule has 1 aromatic heterocycles. The first-order valence-corrected chi connectivity index (χ1v) is 11.5. The maximum Gasteiger partial charge on any atom is 0.122 e. The molecule has 3 aromatic rings. The average molecular weight is 430 g/mol. The molecule has 4 rings (SSSR count). The zero-order valence-corrected chi connectivity index (χ0v) is 18.8. The maximum atomic E-state index is 6.05. The summed E-state index contributed by atoms with van der Waals surface area (Å²) in [5.41, 5.74) is 4.99. The predicted octanol–water partition coefficient (Wildman–Crippen LogP) is 7.46. The van der Waals surface area contributed by atoms with Crippen molar-refractivity contribution in [1.82, 2.24) is 4.98 Å². The molecule has 1 heterocycles. The monoisotopic (exact) mass is 429 g/mol. The van der Waals surface area contributed by atoms with Crippen LogP contribution >= 0.6 is 11.6 Å². The van der Waals surface area contributed by atoms with Crippen molar-refractivity contribution in [2.75, 3.05) is 6.61 Å². The third kappa shape index (κ3) is 6.12. The van der Waals surface area contributed by atoms with Crippen LogP contribution in [0.4, 0.5) is 0 Å². The number of nitrogens with zero attached hydrogens (tertiary/aromatic N) is 1. The maximum absolute atomic E-state index is 6.05. The highest BCUT2D eigenvalue weighted by molar-refractivity contribution is 6.30. The van der Waals surface area contributed by atoms with Crippen LogP contribution in [0.15, 0.2) is 60.8 Å². The second-order valence-corrected chi connectivity index (χ2v) is 8.75. The number of halogens is 1. The summed E-state index contributed by atoms with van der Waals surface area (Å²) in [7, 11) is 0. The molecule has 2 nitrogen and oxygen atoms in total. The predicted molar refractivity (Wildman–Crippen MR) is 129 cm³/mol. The zero-order chi connectivity index (χ0) is 21.5. The Balaban J connectivity index is 1.35. The number of aromatic nitrogens is 1. The Morgan fingerprint density at radius 1 is 0.935 bits per heavy atom. The van der Waals surface area contributed by atoms with Gasteiger partial charge < -0.3 is 4.74 Å². The Kier molecular flexibility index (Phi) is 7.28. The van der Waals surface area contributed by atoms with Gasteiger partial charge in [-0.05, 0) is 72.7 Å². The van der Waals surface area contributed by atoms with Crippen LogP contribution in [-0.2, 0) is 0 Å². The Bertz CT molecular complexity index is 1050. The second kappa shape index (κ2) is 10.5. The van der Waals surface area contributed by atoms with Gasteiger partial charge in [-0.25, -0.2) is 4.98 Å². The molecule has 0 bridgehead atoms. The minimum Gasteiger partial charge on any atom is -0.493 e. The summed E-state index contributed by atoms with van der Waals surface area (Å²) in [5.74, 6) is 8.19. The van der Waals surface area contributed by atoms with Crippen LogP contribution in [0.3, 0.4) is 0 Å². The van der Waals surface area contributed by atoms with E-state index >= 15 is 0 Å². The fraction of sp³-hybridized carbons (Fsp3) is 0.321. The van der Waals surface area contributed by atoms with Gasteiger partial charge in [0.05, 0.1) is 6.61 Å². The van der Waals surface area contributed by atoms with E-state index in [1.165, 1.54) is 38.5 Å². The van der Waals surface area contributed by atoms with Crippen LogP contribution in [0.2, 0.25) is 5.02 Å². The number of hydrogen-bond donors (Lipinski definition) is 0. The highest BCUT2D eigenvalue weighted by Gasteiger charge is 2.13. The molecule has 1 aliphatic carbocycles. The van der Waals surface area contributed by atoms with E-state index in [-0.39, 0.29) is 0 Å². The van der Waals surface area contributed by atoms with Crippen LogP contribution in [0.25, 0.3) is 11.1 Å². The third-order valence-electron chi connectivity index (χ3n) is 5.96. The van der Waals surface area contributed by atoms with Gasteiger partial charge in [-0.2, -0.15) is 0 Å². The first-order chi connectivity index (χ1) is 15.2. The first kappa shape index (κ1) is 21.5.